The van der Waals surface area contributed by atoms with E-state index in [0.717, 1.165) is 18.5 Å². The van der Waals surface area contributed by atoms with Crippen LogP contribution in [0.25, 0.3) is 0 Å². The van der Waals surface area contributed by atoms with Crippen LogP contribution in [0, 0.1) is 5.92 Å². The Balaban J connectivity index is 2.80. The average Bonchev–Trinajstić information content (AvgIpc) is 2.32. The summed E-state index contributed by atoms with van der Waals surface area (Å²) >= 11 is 6.01. The fourth-order valence-corrected chi connectivity index (χ4v) is 2.15. The smallest absolute Gasteiger partial charge is 0.162 e. The van der Waals surface area contributed by atoms with Crippen molar-refractivity contribution in [3.05, 3.63) is 22.7 Å². The van der Waals surface area contributed by atoms with Gasteiger partial charge in [0.15, 0.2) is 11.5 Å². The van der Waals surface area contributed by atoms with E-state index in [1.54, 1.807) is 12.1 Å². The van der Waals surface area contributed by atoms with Crippen LogP contribution in [0.3, 0.4) is 0 Å². The second-order valence-corrected chi connectivity index (χ2v) is 5.26. The molecule has 3 nitrogen and oxygen atoms in total. The Labute approximate surface area is 114 Å². The lowest BCUT2D eigenvalue weighted by Crippen LogP contribution is -2.23. The molecule has 1 aromatic carbocycles. The number of halogens is 1. The molecule has 1 rings (SSSR count). The molecule has 1 aromatic rings. The Kier molecular flexibility index (Phi) is 5.76. The van der Waals surface area contributed by atoms with E-state index in [1.807, 2.05) is 7.05 Å². The zero-order valence-electron chi connectivity index (χ0n) is 11.5. The standard InChI is InChI=1S/C14H22ClNO2/c1-5-10(2)8-16(3)9-11-6-12(15)7-13(18-4)14(11)17/h6-7,10,17H,5,8-9H2,1-4H3. The molecule has 1 N–H and O–H groups in total. The van der Waals surface area contributed by atoms with E-state index >= 15 is 0 Å². The van der Waals surface area contributed by atoms with Crippen LogP contribution in [0.1, 0.15) is 25.8 Å². The van der Waals surface area contributed by atoms with Gasteiger partial charge in [-0.2, -0.15) is 0 Å². The molecule has 0 saturated heterocycles. The molecule has 0 aliphatic carbocycles. The largest absolute Gasteiger partial charge is 0.504 e. The summed E-state index contributed by atoms with van der Waals surface area (Å²) in [7, 11) is 3.57. The maximum Gasteiger partial charge on any atom is 0.162 e. The summed E-state index contributed by atoms with van der Waals surface area (Å²) in [6.45, 7) is 6.05. The maximum absolute atomic E-state index is 10.0. The van der Waals surface area contributed by atoms with Gasteiger partial charge in [0.25, 0.3) is 0 Å². The second-order valence-electron chi connectivity index (χ2n) is 4.83. The van der Waals surface area contributed by atoms with Gasteiger partial charge in [0.1, 0.15) is 0 Å². The van der Waals surface area contributed by atoms with Gasteiger partial charge in [-0.25, -0.2) is 0 Å². The number of rotatable bonds is 6. The van der Waals surface area contributed by atoms with Crippen molar-refractivity contribution in [1.29, 1.82) is 0 Å². The van der Waals surface area contributed by atoms with Crippen LogP contribution in [0.2, 0.25) is 5.02 Å². The SMILES string of the molecule is CCC(C)CN(C)Cc1cc(Cl)cc(OC)c1O. The maximum atomic E-state index is 10.0. The number of phenols is 1. The molecule has 0 heterocycles. The van der Waals surface area contributed by atoms with Crippen LogP contribution >= 0.6 is 11.6 Å². The molecule has 4 heteroatoms. The van der Waals surface area contributed by atoms with Crippen LogP contribution in [0.15, 0.2) is 12.1 Å². The third-order valence-electron chi connectivity index (χ3n) is 3.10. The van der Waals surface area contributed by atoms with Crippen molar-refractivity contribution in [2.24, 2.45) is 5.92 Å². The number of ether oxygens (including phenoxy) is 1. The first-order valence-electron chi connectivity index (χ1n) is 6.21. The molecule has 0 saturated carbocycles. The minimum Gasteiger partial charge on any atom is -0.504 e. The summed E-state index contributed by atoms with van der Waals surface area (Å²) in [5.41, 5.74) is 0.796. The van der Waals surface area contributed by atoms with E-state index in [-0.39, 0.29) is 5.75 Å². The molecule has 0 aliphatic rings. The molecule has 1 unspecified atom stereocenters. The normalized spacial score (nSPS) is 12.8. The first-order valence-corrected chi connectivity index (χ1v) is 6.59. The van der Waals surface area contributed by atoms with Crippen LogP contribution in [-0.2, 0) is 6.54 Å². The molecule has 0 bridgehead atoms. The summed E-state index contributed by atoms with van der Waals surface area (Å²) in [4.78, 5) is 2.18. The van der Waals surface area contributed by atoms with Gasteiger partial charge in [-0.1, -0.05) is 31.9 Å². The van der Waals surface area contributed by atoms with Gasteiger partial charge in [0.2, 0.25) is 0 Å². The summed E-state index contributed by atoms with van der Waals surface area (Å²) in [6.07, 6.45) is 1.15. The Hall–Kier alpha value is -0.930. The molecule has 0 radical (unpaired) electrons. The zero-order chi connectivity index (χ0) is 13.7. The average molecular weight is 272 g/mol. The molecule has 18 heavy (non-hydrogen) atoms. The summed E-state index contributed by atoms with van der Waals surface area (Å²) in [6, 6.07) is 3.40. The van der Waals surface area contributed by atoms with Gasteiger partial charge < -0.3 is 14.7 Å². The van der Waals surface area contributed by atoms with Crippen molar-refractivity contribution in [3.63, 3.8) is 0 Å². The van der Waals surface area contributed by atoms with Crippen molar-refractivity contribution < 1.29 is 9.84 Å². The summed E-state index contributed by atoms with van der Waals surface area (Å²) in [5, 5.41) is 10.6. The number of nitrogens with zero attached hydrogens (tertiary/aromatic N) is 1. The fourth-order valence-electron chi connectivity index (χ4n) is 1.92. The van der Waals surface area contributed by atoms with Crippen molar-refractivity contribution in [3.8, 4) is 11.5 Å². The zero-order valence-corrected chi connectivity index (χ0v) is 12.3. The third kappa shape index (κ3) is 4.07. The van der Waals surface area contributed by atoms with Gasteiger partial charge in [0.05, 0.1) is 7.11 Å². The number of benzene rings is 1. The minimum atomic E-state index is 0.179. The molecule has 0 fully saturated rings. The Bertz CT molecular complexity index is 396. The minimum absolute atomic E-state index is 0.179. The van der Waals surface area contributed by atoms with Crippen LogP contribution in [0.5, 0.6) is 11.5 Å². The first kappa shape index (κ1) is 15.1. The molecule has 0 aliphatic heterocycles. The number of phenolic OH excluding ortho intramolecular Hbond substituents is 1. The Morgan fingerprint density at radius 3 is 2.67 bits per heavy atom. The molecular formula is C14H22ClNO2. The lowest BCUT2D eigenvalue weighted by atomic mass is 10.1. The number of aromatic hydroxyl groups is 1. The lowest BCUT2D eigenvalue weighted by Gasteiger charge is -2.21. The van der Waals surface area contributed by atoms with Crippen molar-refractivity contribution >= 4 is 11.6 Å². The Morgan fingerprint density at radius 1 is 1.44 bits per heavy atom. The molecular weight excluding hydrogens is 250 g/mol. The lowest BCUT2D eigenvalue weighted by molar-refractivity contribution is 0.270. The van der Waals surface area contributed by atoms with E-state index in [0.29, 0.717) is 23.2 Å². The van der Waals surface area contributed by atoms with E-state index in [1.165, 1.54) is 7.11 Å². The van der Waals surface area contributed by atoms with E-state index < -0.39 is 0 Å². The van der Waals surface area contributed by atoms with Crippen molar-refractivity contribution in [2.45, 2.75) is 26.8 Å². The van der Waals surface area contributed by atoms with Gasteiger partial charge in [0, 0.05) is 29.7 Å². The highest BCUT2D eigenvalue weighted by atomic mass is 35.5. The van der Waals surface area contributed by atoms with Crippen LogP contribution < -0.4 is 4.74 Å². The summed E-state index contributed by atoms with van der Waals surface area (Å²) in [5.74, 6) is 1.24. The summed E-state index contributed by atoms with van der Waals surface area (Å²) < 4.78 is 5.10. The predicted molar refractivity (Wildman–Crippen MR) is 75.5 cm³/mol. The van der Waals surface area contributed by atoms with E-state index in [9.17, 15) is 5.11 Å². The molecule has 0 amide bonds. The van der Waals surface area contributed by atoms with Crippen LogP contribution in [0.4, 0.5) is 0 Å². The third-order valence-corrected chi connectivity index (χ3v) is 3.32. The van der Waals surface area contributed by atoms with E-state index in [4.69, 9.17) is 16.3 Å². The van der Waals surface area contributed by atoms with Gasteiger partial charge in [-0.3, -0.25) is 0 Å². The van der Waals surface area contributed by atoms with E-state index in [2.05, 4.69) is 18.7 Å². The first-order chi connectivity index (χ1) is 8.47. The quantitative estimate of drug-likeness (QED) is 0.859. The predicted octanol–water partition coefficient (Wildman–Crippen LogP) is 3.53. The highest BCUT2D eigenvalue weighted by molar-refractivity contribution is 6.30. The molecule has 102 valence electrons. The highest BCUT2D eigenvalue weighted by Gasteiger charge is 2.13. The van der Waals surface area contributed by atoms with Gasteiger partial charge in [-0.15, -0.1) is 0 Å². The number of methoxy groups -OCH3 is 1. The monoisotopic (exact) mass is 271 g/mol. The number of hydrogen-bond donors (Lipinski definition) is 1. The number of hydrogen-bond acceptors (Lipinski definition) is 3. The van der Waals surface area contributed by atoms with Crippen molar-refractivity contribution in [1.82, 2.24) is 4.90 Å². The fraction of sp³-hybridized carbons (Fsp3) is 0.571. The molecule has 0 aromatic heterocycles. The molecule has 0 spiro atoms. The van der Waals surface area contributed by atoms with Crippen molar-refractivity contribution in [2.75, 3.05) is 20.7 Å². The van der Waals surface area contributed by atoms with Crippen LogP contribution in [-0.4, -0.2) is 30.7 Å². The second kappa shape index (κ2) is 6.86. The Morgan fingerprint density at radius 2 is 2.11 bits per heavy atom. The van der Waals surface area contributed by atoms with Gasteiger partial charge in [-0.05, 0) is 19.0 Å². The highest BCUT2D eigenvalue weighted by Crippen LogP contribution is 2.34. The van der Waals surface area contributed by atoms with Gasteiger partial charge >= 0.3 is 0 Å². The molecule has 1 atom stereocenters. The topological polar surface area (TPSA) is 32.7 Å².